The molecule has 1 aliphatic carbocycles. The van der Waals surface area contributed by atoms with Gasteiger partial charge in [0.1, 0.15) is 24.2 Å². The zero-order valence-electron chi connectivity index (χ0n) is 17.9. The van der Waals surface area contributed by atoms with E-state index in [2.05, 4.69) is 38.7 Å². The van der Waals surface area contributed by atoms with Crippen molar-refractivity contribution >= 4 is 5.82 Å². The highest BCUT2D eigenvalue weighted by molar-refractivity contribution is 5.73. The summed E-state index contributed by atoms with van der Waals surface area (Å²) in [6, 6.07) is 4.53. The quantitative estimate of drug-likeness (QED) is 0.554. The summed E-state index contributed by atoms with van der Waals surface area (Å²) < 4.78 is 20.6. The fourth-order valence-electron chi connectivity index (χ4n) is 4.75. The Kier molecular flexibility index (Phi) is 5.04. The van der Waals surface area contributed by atoms with Gasteiger partial charge in [-0.1, -0.05) is 20.3 Å². The number of halogens is 1. The summed E-state index contributed by atoms with van der Waals surface area (Å²) >= 11 is 0. The molecule has 0 bridgehead atoms. The van der Waals surface area contributed by atoms with Crippen LogP contribution in [0.4, 0.5) is 10.2 Å². The third-order valence-electron chi connectivity index (χ3n) is 6.55. The van der Waals surface area contributed by atoms with Crippen molar-refractivity contribution in [2.75, 3.05) is 18.0 Å². The predicted molar refractivity (Wildman–Crippen MR) is 117 cm³/mol. The number of benzene rings is 1. The van der Waals surface area contributed by atoms with Gasteiger partial charge in [0, 0.05) is 30.4 Å². The molecule has 1 aromatic carbocycles. The van der Waals surface area contributed by atoms with E-state index in [1.165, 1.54) is 44.1 Å². The average Bonchev–Trinajstić information content (AvgIpc) is 3.22. The monoisotopic (exact) mass is 419 g/mol. The fraction of sp³-hybridized carbons (Fsp3) is 0.417. The molecular formula is C24H26FN5O. The third kappa shape index (κ3) is 3.73. The minimum Gasteiger partial charge on any atom is -0.451 e. The van der Waals surface area contributed by atoms with E-state index in [-0.39, 0.29) is 11.7 Å². The molecule has 3 aromatic rings. The summed E-state index contributed by atoms with van der Waals surface area (Å²) in [5, 5.41) is 0. The van der Waals surface area contributed by atoms with Gasteiger partial charge in [-0.15, -0.1) is 0 Å². The Bertz CT molecular complexity index is 1100. The Morgan fingerprint density at radius 2 is 1.81 bits per heavy atom. The van der Waals surface area contributed by atoms with Gasteiger partial charge in [-0.3, -0.25) is 0 Å². The molecule has 2 fully saturated rings. The van der Waals surface area contributed by atoms with Gasteiger partial charge >= 0.3 is 0 Å². The molecule has 1 saturated carbocycles. The van der Waals surface area contributed by atoms with Gasteiger partial charge in [-0.2, -0.15) is 0 Å². The van der Waals surface area contributed by atoms with Crippen molar-refractivity contribution in [2.45, 2.75) is 45.4 Å². The molecule has 160 valence electrons. The lowest BCUT2D eigenvalue weighted by atomic mass is 9.68. The molecule has 0 atom stereocenters. The van der Waals surface area contributed by atoms with Crippen molar-refractivity contribution < 1.29 is 9.13 Å². The minimum atomic E-state index is -0.336. The van der Waals surface area contributed by atoms with Crippen molar-refractivity contribution in [1.29, 1.82) is 0 Å². The SMILES string of the molecule is CC(C)c1ncncc1-c1cc(F)ccc1Oc1cncnc1N1CCC2(CCC2)C1. The van der Waals surface area contributed by atoms with Crippen LogP contribution in [0, 0.1) is 11.2 Å². The lowest BCUT2D eigenvalue weighted by Crippen LogP contribution is -2.33. The van der Waals surface area contributed by atoms with Gasteiger partial charge in [-0.05, 0) is 48.8 Å². The Hall–Kier alpha value is -3.09. The Labute approximate surface area is 181 Å². The number of anilines is 1. The number of aromatic nitrogens is 4. The first-order valence-electron chi connectivity index (χ1n) is 10.9. The highest BCUT2D eigenvalue weighted by Gasteiger charge is 2.43. The zero-order valence-corrected chi connectivity index (χ0v) is 17.9. The molecule has 0 unspecified atom stereocenters. The van der Waals surface area contributed by atoms with Crippen LogP contribution in [0.15, 0.2) is 43.2 Å². The van der Waals surface area contributed by atoms with Crippen LogP contribution in [-0.2, 0) is 0 Å². The Balaban J connectivity index is 1.51. The highest BCUT2D eigenvalue weighted by Crippen LogP contribution is 2.50. The molecule has 1 spiro atoms. The molecule has 0 amide bonds. The van der Waals surface area contributed by atoms with Crippen LogP contribution in [0.1, 0.15) is 51.1 Å². The summed E-state index contributed by atoms with van der Waals surface area (Å²) in [5.74, 6) is 1.73. The van der Waals surface area contributed by atoms with Gasteiger partial charge in [0.2, 0.25) is 0 Å². The van der Waals surface area contributed by atoms with Gasteiger partial charge in [-0.25, -0.2) is 24.3 Å². The van der Waals surface area contributed by atoms with Crippen molar-refractivity contribution in [3.05, 3.63) is 54.8 Å². The van der Waals surface area contributed by atoms with Crippen molar-refractivity contribution in [1.82, 2.24) is 19.9 Å². The number of hydrogen-bond acceptors (Lipinski definition) is 6. The zero-order chi connectivity index (χ0) is 21.4. The number of ether oxygens (including phenoxy) is 1. The molecule has 1 aliphatic heterocycles. The molecule has 6 nitrogen and oxygen atoms in total. The minimum absolute atomic E-state index is 0.160. The maximum atomic E-state index is 14.2. The lowest BCUT2D eigenvalue weighted by Gasteiger charge is -2.38. The van der Waals surface area contributed by atoms with E-state index >= 15 is 0 Å². The molecule has 3 heterocycles. The Morgan fingerprint density at radius 1 is 1.00 bits per heavy atom. The number of rotatable bonds is 5. The maximum Gasteiger partial charge on any atom is 0.188 e. The second kappa shape index (κ2) is 7.87. The molecular weight excluding hydrogens is 393 g/mol. The van der Waals surface area contributed by atoms with E-state index in [9.17, 15) is 4.39 Å². The fourth-order valence-corrected chi connectivity index (χ4v) is 4.75. The maximum absolute atomic E-state index is 14.2. The number of hydrogen-bond donors (Lipinski definition) is 0. The van der Waals surface area contributed by atoms with Crippen molar-refractivity contribution in [2.24, 2.45) is 5.41 Å². The summed E-state index contributed by atoms with van der Waals surface area (Å²) in [6.45, 7) is 6.07. The standard InChI is InChI=1S/C24H26FN5O/c1-16(2)22-19(11-26-14-28-22)18-10-17(25)4-5-20(18)31-21-12-27-15-29-23(21)30-9-8-24(13-30)6-3-7-24/h4-5,10-12,14-16H,3,6-9,13H2,1-2H3. The van der Waals surface area contributed by atoms with E-state index in [0.29, 0.717) is 22.5 Å². The first kappa shape index (κ1) is 19.8. The summed E-state index contributed by atoms with van der Waals surface area (Å²) in [7, 11) is 0. The molecule has 7 heteroatoms. The van der Waals surface area contributed by atoms with Crippen LogP contribution in [0.5, 0.6) is 11.5 Å². The molecule has 0 radical (unpaired) electrons. The molecule has 2 aromatic heterocycles. The van der Waals surface area contributed by atoms with Gasteiger partial charge in [0.15, 0.2) is 11.6 Å². The van der Waals surface area contributed by atoms with Crippen LogP contribution >= 0.6 is 0 Å². The van der Waals surface area contributed by atoms with E-state index < -0.39 is 0 Å². The summed E-state index contributed by atoms with van der Waals surface area (Å²) in [5.41, 5.74) is 2.68. The number of nitrogens with zero attached hydrogens (tertiary/aromatic N) is 5. The first-order chi connectivity index (χ1) is 15.0. The van der Waals surface area contributed by atoms with Crippen LogP contribution in [0.2, 0.25) is 0 Å². The van der Waals surface area contributed by atoms with Gasteiger partial charge < -0.3 is 9.64 Å². The van der Waals surface area contributed by atoms with Gasteiger partial charge in [0.05, 0.1) is 11.9 Å². The lowest BCUT2D eigenvalue weighted by molar-refractivity contribution is 0.165. The molecule has 0 N–H and O–H groups in total. The molecule has 2 aliphatic rings. The molecule has 5 rings (SSSR count). The van der Waals surface area contributed by atoms with Crippen molar-refractivity contribution in [3.8, 4) is 22.6 Å². The average molecular weight is 420 g/mol. The van der Waals surface area contributed by atoms with E-state index in [1.54, 1.807) is 24.8 Å². The topological polar surface area (TPSA) is 64.0 Å². The van der Waals surface area contributed by atoms with Gasteiger partial charge in [0.25, 0.3) is 0 Å². The third-order valence-corrected chi connectivity index (χ3v) is 6.55. The van der Waals surface area contributed by atoms with E-state index in [0.717, 1.165) is 30.2 Å². The van der Waals surface area contributed by atoms with E-state index in [4.69, 9.17) is 4.74 Å². The predicted octanol–water partition coefficient (Wildman–Crippen LogP) is 5.37. The highest BCUT2D eigenvalue weighted by atomic mass is 19.1. The summed E-state index contributed by atoms with van der Waals surface area (Å²) in [4.78, 5) is 19.6. The normalized spacial score (nSPS) is 17.2. The van der Waals surface area contributed by atoms with Crippen LogP contribution in [0.25, 0.3) is 11.1 Å². The van der Waals surface area contributed by atoms with Crippen molar-refractivity contribution in [3.63, 3.8) is 0 Å². The largest absolute Gasteiger partial charge is 0.451 e. The first-order valence-corrected chi connectivity index (χ1v) is 10.9. The van der Waals surface area contributed by atoms with E-state index in [1.807, 2.05) is 0 Å². The second-order valence-corrected chi connectivity index (χ2v) is 8.95. The summed E-state index contributed by atoms with van der Waals surface area (Å²) in [6.07, 6.45) is 11.6. The second-order valence-electron chi connectivity index (χ2n) is 8.95. The molecule has 1 saturated heterocycles. The van der Waals surface area contributed by atoms with Crippen LogP contribution in [0.3, 0.4) is 0 Å². The Morgan fingerprint density at radius 3 is 2.55 bits per heavy atom. The molecule has 31 heavy (non-hydrogen) atoms. The van der Waals surface area contributed by atoms with Crippen LogP contribution in [-0.4, -0.2) is 33.0 Å². The van der Waals surface area contributed by atoms with Crippen LogP contribution < -0.4 is 9.64 Å². The smallest absolute Gasteiger partial charge is 0.188 e.